The van der Waals surface area contributed by atoms with E-state index in [1.54, 1.807) is 6.07 Å². The summed E-state index contributed by atoms with van der Waals surface area (Å²) in [5.41, 5.74) is 0.561. The number of rotatable bonds is 2. The van der Waals surface area contributed by atoms with Crippen molar-refractivity contribution < 1.29 is 19.4 Å². The molecule has 4 atom stereocenters. The molecule has 0 bridgehead atoms. The summed E-state index contributed by atoms with van der Waals surface area (Å²) in [5, 5.41) is 12.6. The molecule has 0 saturated carbocycles. The van der Waals surface area contributed by atoms with Gasteiger partial charge in [0.15, 0.2) is 0 Å². The maximum Gasteiger partial charge on any atom is 0.253 e. The lowest BCUT2D eigenvalue weighted by atomic mass is 10.1. The first kappa shape index (κ1) is 14.6. The first-order valence-electron chi connectivity index (χ1n) is 7.27. The Morgan fingerprint density at radius 3 is 2.71 bits per heavy atom. The number of carbonyl (C=O) groups is 1. The number of nitrogens with zero attached hydrogens (tertiary/aromatic N) is 1. The average Bonchev–Trinajstić information content (AvgIpc) is 3.08. The Bertz CT molecular complexity index is 534. The molecule has 3 heterocycles. The first-order valence-corrected chi connectivity index (χ1v) is 7.27. The third kappa shape index (κ3) is 2.71. The van der Waals surface area contributed by atoms with Crippen molar-refractivity contribution in [1.29, 1.82) is 0 Å². The number of fused-ring (bicyclic) bond motifs is 1. The number of aliphatic hydroxyl groups is 1. The Morgan fingerprint density at radius 1 is 1.33 bits per heavy atom. The van der Waals surface area contributed by atoms with E-state index in [-0.39, 0.29) is 36.3 Å². The predicted octanol–water partition coefficient (Wildman–Crippen LogP) is 0.500. The third-order valence-corrected chi connectivity index (χ3v) is 4.07. The number of carbonyl (C=O) groups excluding carboxylic acids is 1. The average molecular weight is 294 g/mol. The number of aromatic nitrogens is 1. The summed E-state index contributed by atoms with van der Waals surface area (Å²) in [5.74, 6) is -0.141. The fourth-order valence-electron chi connectivity index (χ4n) is 2.80. The molecule has 6 heteroatoms. The van der Waals surface area contributed by atoms with Crippen LogP contribution in [0.25, 0.3) is 0 Å². The van der Waals surface area contributed by atoms with Gasteiger partial charge in [-0.3, -0.25) is 4.79 Å². The van der Waals surface area contributed by atoms with E-state index in [1.165, 1.54) is 0 Å². The molecule has 0 aromatic carbocycles. The lowest BCUT2D eigenvalue weighted by Gasteiger charge is -2.21. The highest BCUT2D eigenvalue weighted by Gasteiger charge is 2.47. The summed E-state index contributed by atoms with van der Waals surface area (Å²) in [4.78, 5) is 12.3. The van der Waals surface area contributed by atoms with Gasteiger partial charge in [0.05, 0.1) is 24.8 Å². The normalized spacial score (nSPS) is 32.2. The van der Waals surface area contributed by atoms with Gasteiger partial charge in [0.25, 0.3) is 5.91 Å². The second-order valence-corrected chi connectivity index (χ2v) is 6.72. The summed E-state index contributed by atoms with van der Waals surface area (Å²) in [7, 11) is 0. The summed E-state index contributed by atoms with van der Waals surface area (Å²) >= 11 is 0. The summed E-state index contributed by atoms with van der Waals surface area (Å²) in [6.07, 6.45) is 2.56. The van der Waals surface area contributed by atoms with E-state index in [0.29, 0.717) is 12.2 Å². The highest BCUT2D eigenvalue weighted by atomic mass is 16.6. The van der Waals surface area contributed by atoms with Gasteiger partial charge in [-0.15, -0.1) is 0 Å². The minimum atomic E-state index is -0.598. The topological polar surface area (TPSA) is 72.7 Å². The molecule has 1 aromatic rings. The van der Waals surface area contributed by atoms with E-state index >= 15 is 0 Å². The quantitative estimate of drug-likeness (QED) is 0.833. The Balaban J connectivity index is 1.66. The van der Waals surface area contributed by atoms with Gasteiger partial charge in [-0.1, -0.05) is 0 Å². The van der Waals surface area contributed by atoms with Crippen molar-refractivity contribution in [2.75, 3.05) is 13.2 Å². The van der Waals surface area contributed by atoms with Crippen molar-refractivity contribution in [3.05, 3.63) is 24.0 Å². The van der Waals surface area contributed by atoms with Gasteiger partial charge in [-0.25, -0.2) is 0 Å². The van der Waals surface area contributed by atoms with Gasteiger partial charge in [-0.05, 0) is 26.8 Å². The minimum absolute atomic E-state index is 0.0568. The van der Waals surface area contributed by atoms with Gasteiger partial charge >= 0.3 is 0 Å². The fourth-order valence-corrected chi connectivity index (χ4v) is 2.80. The number of nitrogens with one attached hydrogen (secondary N) is 1. The molecule has 2 saturated heterocycles. The van der Waals surface area contributed by atoms with Gasteiger partial charge in [0.1, 0.15) is 18.3 Å². The molecule has 1 amide bonds. The molecule has 2 aliphatic heterocycles. The van der Waals surface area contributed by atoms with Gasteiger partial charge < -0.3 is 24.5 Å². The standard InChI is InChI=1S/C15H22N2O4/c1-15(2,3)17-5-4-9(6-17)14(19)16-10-7-20-13-11(18)8-21-12(10)13/h4-6,10-13,18H,7-8H2,1-3H3,(H,16,19)/t10-,11-,12-,13-/m1/s1. The summed E-state index contributed by atoms with van der Waals surface area (Å²) < 4.78 is 13.0. The van der Waals surface area contributed by atoms with Crippen LogP contribution in [-0.2, 0) is 15.0 Å². The summed E-state index contributed by atoms with van der Waals surface area (Å²) in [6.45, 7) is 6.88. The van der Waals surface area contributed by atoms with Crippen LogP contribution in [0.1, 0.15) is 31.1 Å². The van der Waals surface area contributed by atoms with Crippen molar-refractivity contribution in [3.8, 4) is 0 Å². The largest absolute Gasteiger partial charge is 0.388 e. The Hall–Kier alpha value is -1.37. The van der Waals surface area contributed by atoms with Crippen LogP contribution in [0.4, 0.5) is 0 Å². The Morgan fingerprint density at radius 2 is 2.05 bits per heavy atom. The van der Waals surface area contributed by atoms with Crippen LogP contribution in [0.2, 0.25) is 0 Å². The van der Waals surface area contributed by atoms with E-state index < -0.39 is 6.10 Å². The van der Waals surface area contributed by atoms with Crippen LogP contribution in [0.5, 0.6) is 0 Å². The molecule has 21 heavy (non-hydrogen) atoms. The molecule has 0 spiro atoms. The van der Waals surface area contributed by atoms with Crippen LogP contribution < -0.4 is 5.32 Å². The molecule has 3 rings (SSSR count). The summed E-state index contributed by atoms with van der Waals surface area (Å²) in [6, 6.07) is 1.59. The SMILES string of the molecule is CC(C)(C)n1ccc(C(=O)N[C@@H]2CO[C@H]3[C@@H]2OC[C@H]3O)c1. The number of aliphatic hydroxyl groups excluding tert-OH is 1. The highest BCUT2D eigenvalue weighted by molar-refractivity contribution is 5.94. The maximum atomic E-state index is 12.3. The van der Waals surface area contributed by atoms with Gasteiger partial charge in [0.2, 0.25) is 0 Å². The van der Waals surface area contributed by atoms with Crippen LogP contribution in [0.3, 0.4) is 0 Å². The first-order chi connectivity index (χ1) is 9.86. The monoisotopic (exact) mass is 294 g/mol. The van der Waals surface area contributed by atoms with Gasteiger partial charge in [0, 0.05) is 17.9 Å². The van der Waals surface area contributed by atoms with Crippen molar-refractivity contribution in [3.63, 3.8) is 0 Å². The molecule has 116 valence electrons. The minimum Gasteiger partial charge on any atom is -0.388 e. The predicted molar refractivity (Wildman–Crippen MR) is 76.2 cm³/mol. The number of hydrogen-bond acceptors (Lipinski definition) is 4. The smallest absolute Gasteiger partial charge is 0.253 e. The van der Waals surface area contributed by atoms with Gasteiger partial charge in [-0.2, -0.15) is 0 Å². The lowest BCUT2D eigenvalue weighted by molar-refractivity contribution is 0.0178. The fraction of sp³-hybridized carbons (Fsp3) is 0.667. The molecule has 1 aromatic heterocycles. The molecule has 0 unspecified atom stereocenters. The zero-order valence-electron chi connectivity index (χ0n) is 12.6. The van der Waals surface area contributed by atoms with Crippen molar-refractivity contribution in [1.82, 2.24) is 9.88 Å². The molecule has 2 N–H and O–H groups in total. The van der Waals surface area contributed by atoms with Crippen molar-refractivity contribution in [2.24, 2.45) is 0 Å². The van der Waals surface area contributed by atoms with Crippen molar-refractivity contribution in [2.45, 2.75) is 50.7 Å². The van der Waals surface area contributed by atoms with E-state index in [4.69, 9.17) is 9.47 Å². The lowest BCUT2D eigenvalue weighted by Crippen LogP contribution is -2.44. The van der Waals surface area contributed by atoms with E-state index in [0.717, 1.165) is 0 Å². The molecular weight excluding hydrogens is 272 g/mol. The van der Waals surface area contributed by atoms with Crippen LogP contribution in [-0.4, -0.2) is 53.1 Å². The molecule has 0 aliphatic carbocycles. The zero-order valence-corrected chi connectivity index (χ0v) is 12.6. The van der Waals surface area contributed by atoms with Crippen molar-refractivity contribution >= 4 is 5.91 Å². The number of amides is 1. The zero-order chi connectivity index (χ0) is 15.2. The van der Waals surface area contributed by atoms with Crippen LogP contribution >= 0.6 is 0 Å². The molecule has 6 nitrogen and oxygen atoms in total. The van der Waals surface area contributed by atoms with E-state index in [1.807, 2.05) is 17.0 Å². The molecule has 2 fully saturated rings. The molecule has 0 radical (unpaired) electrons. The maximum absolute atomic E-state index is 12.3. The van der Waals surface area contributed by atoms with Crippen LogP contribution in [0.15, 0.2) is 18.5 Å². The van der Waals surface area contributed by atoms with Crippen LogP contribution in [0, 0.1) is 0 Å². The van der Waals surface area contributed by atoms with E-state index in [9.17, 15) is 9.90 Å². The number of hydrogen-bond donors (Lipinski definition) is 2. The second kappa shape index (κ2) is 5.12. The highest BCUT2D eigenvalue weighted by Crippen LogP contribution is 2.27. The molecular formula is C15H22N2O4. The number of ether oxygens (including phenoxy) is 2. The third-order valence-electron chi connectivity index (χ3n) is 4.07. The second-order valence-electron chi connectivity index (χ2n) is 6.72. The Kier molecular flexibility index (Phi) is 3.55. The van der Waals surface area contributed by atoms with E-state index in [2.05, 4.69) is 26.1 Å². The Labute approximate surface area is 124 Å². The molecule has 2 aliphatic rings.